The maximum atomic E-state index is 12.9. The lowest BCUT2D eigenvalue weighted by Crippen LogP contribution is -2.32. The molecule has 0 saturated carbocycles. The number of para-hydroxylation sites is 1. The molecule has 0 aliphatic carbocycles. The van der Waals surface area contributed by atoms with Crippen molar-refractivity contribution in [3.63, 3.8) is 0 Å². The summed E-state index contributed by atoms with van der Waals surface area (Å²) in [6.07, 6.45) is 1.53. The molecule has 1 amide bonds. The monoisotopic (exact) mass is 450 g/mol. The number of pyridine rings is 1. The minimum atomic E-state index is -0.411. The van der Waals surface area contributed by atoms with Gasteiger partial charge in [0.25, 0.3) is 11.4 Å². The standard InChI is InChI=1S/C23H19ClN4O4/c1-31-19-7-3-2-5-16(19)13-25-20(29)14-28-12-4-6-18(23(28)30)22-26-21(27-32-22)15-8-10-17(24)11-9-15/h2-12H,13-14H2,1H3,(H,25,29). The number of hydrogen-bond acceptors (Lipinski definition) is 6. The quantitative estimate of drug-likeness (QED) is 0.462. The fourth-order valence-electron chi connectivity index (χ4n) is 3.13. The van der Waals surface area contributed by atoms with E-state index in [2.05, 4.69) is 15.5 Å². The van der Waals surface area contributed by atoms with E-state index in [4.69, 9.17) is 20.9 Å². The molecule has 2 aromatic carbocycles. The molecule has 4 aromatic rings. The summed E-state index contributed by atoms with van der Waals surface area (Å²) in [5.74, 6) is 0.770. The summed E-state index contributed by atoms with van der Waals surface area (Å²) in [6.45, 7) is 0.130. The van der Waals surface area contributed by atoms with Crippen LogP contribution in [0.2, 0.25) is 5.02 Å². The summed E-state index contributed by atoms with van der Waals surface area (Å²) in [5.41, 5.74) is 1.34. The van der Waals surface area contributed by atoms with Gasteiger partial charge in [0, 0.05) is 28.9 Å². The van der Waals surface area contributed by atoms with Gasteiger partial charge in [0.1, 0.15) is 17.9 Å². The van der Waals surface area contributed by atoms with Gasteiger partial charge in [-0.25, -0.2) is 0 Å². The van der Waals surface area contributed by atoms with Gasteiger partial charge in [-0.15, -0.1) is 0 Å². The van der Waals surface area contributed by atoms with Crippen LogP contribution in [0, 0.1) is 0 Å². The Balaban J connectivity index is 1.49. The topological polar surface area (TPSA) is 99.2 Å². The molecule has 2 aromatic heterocycles. The number of carbonyl (C=O) groups excluding carboxylic acids is 1. The Morgan fingerprint density at radius 3 is 2.69 bits per heavy atom. The number of rotatable bonds is 7. The molecule has 2 heterocycles. The minimum absolute atomic E-state index is 0.0729. The second-order valence-corrected chi connectivity index (χ2v) is 7.31. The number of halogens is 1. The number of nitrogens with one attached hydrogen (secondary N) is 1. The van der Waals surface area contributed by atoms with Crippen LogP contribution in [0.1, 0.15) is 5.56 Å². The molecule has 8 nitrogen and oxygen atoms in total. The highest BCUT2D eigenvalue weighted by molar-refractivity contribution is 6.30. The van der Waals surface area contributed by atoms with Gasteiger partial charge < -0.3 is 19.1 Å². The Hall–Kier alpha value is -3.91. The van der Waals surface area contributed by atoms with Crippen LogP contribution in [-0.4, -0.2) is 27.7 Å². The largest absolute Gasteiger partial charge is 0.496 e. The third-order valence-electron chi connectivity index (χ3n) is 4.76. The average Bonchev–Trinajstić information content (AvgIpc) is 3.30. The normalized spacial score (nSPS) is 10.7. The maximum absolute atomic E-state index is 12.9. The van der Waals surface area contributed by atoms with Crippen molar-refractivity contribution in [2.45, 2.75) is 13.1 Å². The smallest absolute Gasteiger partial charge is 0.263 e. The highest BCUT2D eigenvalue weighted by atomic mass is 35.5. The van der Waals surface area contributed by atoms with Gasteiger partial charge in [-0.05, 0) is 42.5 Å². The van der Waals surface area contributed by atoms with E-state index in [1.165, 1.54) is 10.8 Å². The van der Waals surface area contributed by atoms with Gasteiger partial charge in [0.05, 0.1) is 7.11 Å². The molecule has 0 atom stereocenters. The summed E-state index contributed by atoms with van der Waals surface area (Å²) in [5, 5.41) is 7.32. The lowest BCUT2D eigenvalue weighted by molar-refractivity contribution is -0.121. The van der Waals surface area contributed by atoms with Crippen LogP contribution in [0.5, 0.6) is 5.75 Å². The molecule has 32 heavy (non-hydrogen) atoms. The Kier molecular flexibility index (Phi) is 6.32. The molecule has 9 heteroatoms. The predicted octanol–water partition coefficient (Wildman–Crippen LogP) is 3.54. The zero-order chi connectivity index (χ0) is 22.5. The first-order chi connectivity index (χ1) is 15.5. The fourth-order valence-corrected chi connectivity index (χ4v) is 3.25. The van der Waals surface area contributed by atoms with E-state index in [1.807, 2.05) is 24.3 Å². The zero-order valence-electron chi connectivity index (χ0n) is 17.1. The van der Waals surface area contributed by atoms with Crippen LogP contribution < -0.4 is 15.6 Å². The number of methoxy groups -OCH3 is 1. The molecule has 0 spiro atoms. The van der Waals surface area contributed by atoms with Crippen LogP contribution in [0.3, 0.4) is 0 Å². The Morgan fingerprint density at radius 2 is 1.91 bits per heavy atom. The van der Waals surface area contributed by atoms with E-state index in [1.54, 1.807) is 43.5 Å². The first-order valence-electron chi connectivity index (χ1n) is 9.73. The summed E-state index contributed by atoms with van der Waals surface area (Å²) >= 11 is 5.91. The first kappa shape index (κ1) is 21.3. The van der Waals surface area contributed by atoms with Gasteiger partial charge in [0.15, 0.2) is 0 Å². The van der Waals surface area contributed by atoms with Crippen molar-refractivity contribution < 1.29 is 14.1 Å². The average molecular weight is 451 g/mol. The number of nitrogens with zero attached hydrogens (tertiary/aromatic N) is 3. The van der Waals surface area contributed by atoms with Crippen LogP contribution in [0.4, 0.5) is 0 Å². The molecule has 0 fully saturated rings. The van der Waals surface area contributed by atoms with Crippen molar-refractivity contribution in [2.24, 2.45) is 0 Å². The second kappa shape index (κ2) is 9.49. The van der Waals surface area contributed by atoms with Crippen molar-refractivity contribution in [2.75, 3.05) is 7.11 Å². The molecule has 4 rings (SSSR count). The summed E-state index contributed by atoms with van der Waals surface area (Å²) in [7, 11) is 1.57. The van der Waals surface area contributed by atoms with Crippen LogP contribution in [0.25, 0.3) is 22.8 Å². The first-order valence-corrected chi connectivity index (χ1v) is 10.1. The molecule has 0 radical (unpaired) electrons. The van der Waals surface area contributed by atoms with Crippen molar-refractivity contribution in [1.29, 1.82) is 0 Å². The van der Waals surface area contributed by atoms with Crippen molar-refractivity contribution in [1.82, 2.24) is 20.0 Å². The van der Waals surface area contributed by atoms with E-state index in [0.29, 0.717) is 22.2 Å². The number of ether oxygens (including phenoxy) is 1. The summed E-state index contributed by atoms with van der Waals surface area (Å²) < 4.78 is 11.9. The highest BCUT2D eigenvalue weighted by Gasteiger charge is 2.16. The molecule has 1 N–H and O–H groups in total. The lowest BCUT2D eigenvalue weighted by Gasteiger charge is -2.10. The van der Waals surface area contributed by atoms with E-state index in [0.717, 1.165) is 5.56 Å². The van der Waals surface area contributed by atoms with Gasteiger partial charge in [0.2, 0.25) is 11.7 Å². The molecule has 0 aliphatic heterocycles. The molecule has 0 unspecified atom stereocenters. The number of benzene rings is 2. The molecular formula is C23H19ClN4O4. The zero-order valence-corrected chi connectivity index (χ0v) is 17.9. The van der Waals surface area contributed by atoms with Crippen molar-refractivity contribution in [3.8, 4) is 28.6 Å². The molecule has 0 aliphatic rings. The van der Waals surface area contributed by atoms with Crippen LogP contribution in [-0.2, 0) is 17.9 Å². The summed E-state index contributed by atoms with van der Waals surface area (Å²) in [6, 6.07) is 17.6. The van der Waals surface area contributed by atoms with Gasteiger partial charge in [-0.2, -0.15) is 4.98 Å². The Labute approximate surface area is 188 Å². The maximum Gasteiger partial charge on any atom is 0.263 e. The van der Waals surface area contributed by atoms with Crippen LogP contribution in [0.15, 0.2) is 76.2 Å². The van der Waals surface area contributed by atoms with E-state index in [-0.39, 0.29) is 30.5 Å². The third-order valence-corrected chi connectivity index (χ3v) is 5.01. The number of hydrogen-bond donors (Lipinski definition) is 1. The Morgan fingerprint density at radius 1 is 1.12 bits per heavy atom. The Bertz CT molecular complexity index is 1300. The van der Waals surface area contributed by atoms with Crippen molar-refractivity contribution >= 4 is 17.5 Å². The minimum Gasteiger partial charge on any atom is -0.496 e. The highest BCUT2D eigenvalue weighted by Crippen LogP contribution is 2.22. The predicted molar refractivity (Wildman–Crippen MR) is 119 cm³/mol. The second-order valence-electron chi connectivity index (χ2n) is 6.87. The van der Waals surface area contributed by atoms with E-state index < -0.39 is 5.56 Å². The van der Waals surface area contributed by atoms with Crippen molar-refractivity contribution in [3.05, 3.63) is 87.8 Å². The van der Waals surface area contributed by atoms with Gasteiger partial charge in [-0.3, -0.25) is 9.59 Å². The summed E-state index contributed by atoms with van der Waals surface area (Å²) in [4.78, 5) is 29.6. The van der Waals surface area contributed by atoms with E-state index >= 15 is 0 Å². The number of aromatic nitrogens is 3. The van der Waals surface area contributed by atoms with Gasteiger partial charge >= 0.3 is 0 Å². The molecular weight excluding hydrogens is 432 g/mol. The lowest BCUT2D eigenvalue weighted by atomic mass is 10.2. The number of carbonyl (C=O) groups is 1. The fraction of sp³-hybridized carbons (Fsp3) is 0.130. The third kappa shape index (κ3) is 4.70. The molecule has 0 saturated heterocycles. The molecule has 0 bridgehead atoms. The number of amides is 1. The van der Waals surface area contributed by atoms with Gasteiger partial charge in [-0.1, -0.05) is 35.0 Å². The van der Waals surface area contributed by atoms with Crippen LogP contribution >= 0.6 is 11.6 Å². The SMILES string of the molecule is COc1ccccc1CNC(=O)Cn1cccc(-c2nc(-c3ccc(Cl)cc3)no2)c1=O. The van der Waals surface area contributed by atoms with E-state index in [9.17, 15) is 9.59 Å². The molecule has 162 valence electrons.